The van der Waals surface area contributed by atoms with Crippen LogP contribution >= 0.6 is 22.9 Å². The number of nitrogens with one attached hydrogen (secondary N) is 1. The van der Waals surface area contributed by atoms with E-state index in [9.17, 15) is 9.59 Å². The first-order valence-corrected chi connectivity index (χ1v) is 9.82. The van der Waals surface area contributed by atoms with Crippen LogP contribution in [0.5, 0.6) is 0 Å². The van der Waals surface area contributed by atoms with Gasteiger partial charge in [0.1, 0.15) is 11.0 Å². The minimum Gasteiger partial charge on any atom is -0.392 e. The summed E-state index contributed by atoms with van der Waals surface area (Å²) in [7, 11) is 0. The smallest absolute Gasteiger partial charge is 0.277 e. The van der Waals surface area contributed by atoms with E-state index in [-0.39, 0.29) is 28.9 Å². The topological polar surface area (TPSA) is 97.1 Å². The number of halogens is 1. The second-order valence-electron chi connectivity index (χ2n) is 6.31. The van der Waals surface area contributed by atoms with Crippen LogP contribution in [0.2, 0.25) is 5.02 Å². The number of benzene rings is 2. The Morgan fingerprint density at radius 1 is 1.24 bits per heavy atom. The zero-order valence-corrected chi connectivity index (χ0v) is 16.8. The second kappa shape index (κ2) is 7.75. The van der Waals surface area contributed by atoms with Crippen molar-refractivity contribution in [1.29, 1.82) is 0 Å². The van der Waals surface area contributed by atoms with Crippen LogP contribution in [0.3, 0.4) is 0 Å². The number of hydrogen-bond donors (Lipinski definition) is 2. The van der Waals surface area contributed by atoms with Crippen molar-refractivity contribution in [1.82, 2.24) is 14.5 Å². The largest absolute Gasteiger partial charge is 0.392 e. The van der Waals surface area contributed by atoms with E-state index >= 15 is 0 Å². The Hall–Kier alpha value is -3.07. The molecule has 9 heteroatoms. The summed E-state index contributed by atoms with van der Waals surface area (Å²) in [5.41, 5.74) is 2.48. The maximum atomic E-state index is 13.0. The van der Waals surface area contributed by atoms with Gasteiger partial charge < -0.3 is 5.11 Å². The Morgan fingerprint density at radius 3 is 2.69 bits per heavy atom. The summed E-state index contributed by atoms with van der Waals surface area (Å²) < 4.78 is 1.70. The first kappa shape index (κ1) is 19.3. The van der Waals surface area contributed by atoms with Crippen LogP contribution in [0.4, 0.5) is 5.13 Å². The Bertz CT molecular complexity index is 1260. The summed E-state index contributed by atoms with van der Waals surface area (Å²) in [5.74, 6) is -0.365. The third-order valence-electron chi connectivity index (χ3n) is 4.37. The number of amides is 1. The molecule has 1 amide bonds. The standard InChI is InChI=1S/C20H15ClN4O3S/c1-11-3-2-4-14(21)15(11)25-10-22-17-16(19(25)28)29-20(23-17)24-18(27)13-7-5-12(9-26)6-8-13/h2-8,10,26H,9H2,1H3,(H,23,24,27). The number of hydrogen-bond acceptors (Lipinski definition) is 6. The number of carbonyl (C=O) groups is 1. The molecular formula is C20H15ClN4O3S. The summed E-state index contributed by atoms with van der Waals surface area (Å²) in [5, 5.41) is 12.5. The minimum absolute atomic E-state index is 0.0946. The lowest BCUT2D eigenvalue weighted by atomic mass is 10.1. The van der Waals surface area contributed by atoms with Crippen LogP contribution in [-0.4, -0.2) is 25.5 Å². The quantitative estimate of drug-likeness (QED) is 0.520. The molecule has 0 spiro atoms. The van der Waals surface area contributed by atoms with E-state index < -0.39 is 0 Å². The molecule has 29 heavy (non-hydrogen) atoms. The highest BCUT2D eigenvalue weighted by atomic mass is 35.5. The number of rotatable bonds is 4. The van der Waals surface area contributed by atoms with Crippen LogP contribution in [-0.2, 0) is 6.61 Å². The van der Waals surface area contributed by atoms with E-state index in [0.717, 1.165) is 16.9 Å². The fraction of sp³-hybridized carbons (Fsp3) is 0.100. The Kier molecular flexibility index (Phi) is 5.14. The summed E-state index contributed by atoms with van der Waals surface area (Å²) >= 11 is 7.33. The van der Waals surface area contributed by atoms with E-state index in [0.29, 0.717) is 26.5 Å². The Labute approximate surface area is 174 Å². The molecular weight excluding hydrogens is 412 g/mol. The number of fused-ring (bicyclic) bond motifs is 1. The van der Waals surface area contributed by atoms with Crippen molar-refractivity contribution >= 4 is 44.3 Å². The van der Waals surface area contributed by atoms with Crippen LogP contribution in [0.15, 0.2) is 53.6 Å². The molecule has 0 radical (unpaired) electrons. The molecule has 4 rings (SSSR count). The molecule has 0 saturated carbocycles. The molecule has 0 bridgehead atoms. The average molecular weight is 427 g/mol. The van der Waals surface area contributed by atoms with Gasteiger partial charge in [0.25, 0.3) is 11.5 Å². The first-order chi connectivity index (χ1) is 14.0. The highest BCUT2D eigenvalue weighted by Gasteiger charge is 2.16. The normalized spacial score (nSPS) is 11.0. The van der Waals surface area contributed by atoms with Crippen LogP contribution in [0.1, 0.15) is 21.5 Å². The molecule has 2 aromatic carbocycles. The number of aliphatic hydroxyl groups is 1. The van der Waals surface area contributed by atoms with Crippen molar-refractivity contribution in [3.63, 3.8) is 0 Å². The molecule has 0 atom stereocenters. The molecule has 0 aliphatic rings. The number of nitrogens with zero attached hydrogens (tertiary/aromatic N) is 3. The molecule has 2 aromatic heterocycles. The van der Waals surface area contributed by atoms with Crippen molar-refractivity contribution in [2.45, 2.75) is 13.5 Å². The predicted molar refractivity (Wildman–Crippen MR) is 113 cm³/mol. The van der Waals surface area contributed by atoms with Crippen molar-refractivity contribution < 1.29 is 9.90 Å². The van der Waals surface area contributed by atoms with Gasteiger partial charge >= 0.3 is 0 Å². The zero-order chi connectivity index (χ0) is 20.5. The Balaban J connectivity index is 1.69. The first-order valence-electron chi connectivity index (χ1n) is 8.63. The summed E-state index contributed by atoms with van der Waals surface area (Å²) in [6.45, 7) is 1.76. The van der Waals surface area contributed by atoms with Crippen molar-refractivity contribution in [3.05, 3.63) is 80.9 Å². The van der Waals surface area contributed by atoms with Gasteiger partial charge in [0.15, 0.2) is 10.8 Å². The van der Waals surface area contributed by atoms with Gasteiger partial charge in [0.2, 0.25) is 0 Å². The summed E-state index contributed by atoms with van der Waals surface area (Å²) in [6.07, 6.45) is 1.39. The van der Waals surface area contributed by atoms with Crippen LogP contribution in [0.25, 0.3) is 16.0 Å². The molecule has 0 aliphatic heterocycles. The lowest BCUT2D eigenvalue weighted by Gasteiger charge is -2.10. The van der Waals surface area contributed by atoms with E-state index in [2.05, 4.69) is 15.3 Å². The van der Waals surface area contributed by atoms with Crippen molar-refractivity contribution in [2.24, 2.45) is 0 Å². The van der Waals surface area contributed by atoms with Gasteiger partial charge in [-0.05, 0) is 36.2 Å². The monoisotopic (exact) mass is 426 g/mol. The van der Waals surface area contributed by atoms with Crippen LogP contribution < -0.4 is 10.9 Å². The molecule has 2 N–H and O–H groups in total. The zero-order valence-electron chi connectivity index (χ0n) is 15.2. The van der Waals surface area contributed by atoms with Crippen molar-refractivity contribution in [3.8, 4) is 5.69 Å². The van der Waals surface area contributed by atoms with E-state index in [1.807, 2.05) is 19.1 Å². The maximum absolute atomic E-state index is 13.0. The van der Waals surface area contributed by atoms with Gasteiger partial charge in [0.05, 0.1) is 17.3 Å². The molecule has 0 aliphatic carbocycles. The van der Waals surface area contributed by atoms with E-state index in [4.69, 9.17) is 16.7 Å². The van der Waals surface area contributed by atoms with Gasteiger partial charge in [-0.1, -0.05) is 47.2 Å². The van der Waals surface area contributed by atoms with Crippen molar-refractivity contribution in [2.75, 3.05) is 5.32 Å². The van der Waals surface area contributed by atoms with Crippen LogP contribution in [0, 0.1) is 6.92 Å². The molecule has 146 valence electrons. The number of aliphatic hydroxyl groups excluding tert-OH is 1. The minimum atomic E-state index is -0.365. The van der Waals surface area contributed by atoms with E-state index in [1.54, 1.807) is 30.3 Å². The highest BCUT2D eigenvalue weighted by Crippen LogP contribution is 2.26. The number of carbonyl (C=O) groups excluding carboxylic acids is 1. The molecule has 0 unspecified atom stereocenters. The number of para-hydroxylation sites is 1. The maximum Gasteiger partial charge on any atom is 0.277 e. The average Bonchev–Trinajstić information content (AvgIpc) is 3.13. The molecule has 0 fully saturated rings. The highest BCUT2D eigenvalue weighted by molar-refractivity contribution is 7.22. The molecule has 4 aromatic rings. The molecule has 7 nitrogen and oxygen atoms in total. The number of aryl methyl sites for hydroxylation is 1. The van der Waals surface area contributed by atoms with Gasteiger partial charge in [-0.2, -0.15) is 4.98 Å². The van der Waals surface area contributed by atoms with Gasteiger partial charge in [0, 0.05) is 5.56 Å². The number of thiazole rings is 1. The van der Waals surface area contributed by atoms with E-state index in [1.165, 1.54) is 10.9 Å². The number of anilines is 1. The predicted octanol–water partition coefficient (Wildman–Crippen LogP) is 3.55. The molecule has 0 saturated heterocycles. The third-order valence-corrected chi connectivity index (χ3v) is 5.62. The Morgan fingerprint density at radius 2 is 2.00 bits per heavy atom. The summed E-state index contributed by atoms with van der Waals surface area (Å²) in [6, 6.07) is 11.9. The molecule has 2 heterocycles. The third kappa shape index (κ3) is 3.65. The summed E-state index contributed by atoms with van der Waals surface area (Å²) in [4.78, 5) is 33.9. The fourth-order valence-corrected chi connectivity index (χ4v) is 4.04. The van der Waals surface area contributed by atoms with Gasteiger partial charge in [-0.3, -0.25) is 19.5 Å². The van der Waals surface area contributed by atoms with Gasteiger partial charge in [-0.25, -0.2) is 4.98 Å². The lowest BCUT2D eigenvalue weighted by molar-refractivity contribution is 0.102. The SMILES string of the molecule is Cc1cccc(Cl)c1-n1cnc2nc(NC(=O)c3ccc(CO)cc3)sc2c1=O. The fourth-order valence-electron chi connectivity index (χ4n) is 2.88. The lowest BCUT2D eigenvalue weighted by Crippen LogP contribution is -2.19. The number of aromatic nitrogens is 3. The second-order valence-corrected chi connectivity index (χ2v) is 7.71. The van der Waals surface area contributed by atoms with Gasteiger partial charge in [-0.15, -0.1) is 0 Å².